The van der Waals surface area contributed by atoms with E-state index in [0.717, 1.165) is 39.6 Å². The molecule has 0 bridgehead atoms. The van der Waals surface area contributed by atoms with Crippen molar-refractivity contribution >= 4 is 22.9 Å². The first-order valence-corrected chi connectivity index (χ1v) is 8.03. The van der Waals surface area contributed by atoms with Crippen LogP contribution in [-0.4, -0.2) is 6.54 Å². The summed E-state index contributed by atoms with van der Waals surface area (Å²) in [6.07, 6.45) is 1.04. The zero-order valence-electron chi connectivity index (χ0n) is 12.0. The molecular weight excluding hydrogens is 293 g/mol. The smallest absolute Gasteiger partial charge is 0.123 e. The van der Waals surface area contributed by atoms with E-state index in [-0.39, 0.29) is 11.9 Å². The van der Waals surface area contributed by atoms with Crippen molar-refractivity contribution in [2.24, 2.45) is 0 Å². The van der Waals surface area contributed by atoms with Crippen LogP contribution >= 0.6 is 22.9 Å². The minimum atomic E-state index is -0.200. The van der Waals surface area contributed by atoms with Crippen molar-refractivity contribution in [3.63, 3.8) is 0 Å². The summed E-state index contributed by atoms with van der Waals surface area (Å²) in [6, 6.07) is 4.96. The van der Waals surface area contributed by atoms with Gasteiger partial charge < -0.3 is 5.32 Å². The van der Waals surface area contributed by atoms with Gasteiger partial charge in [0.2, 0.25) is 0 Å². The molecule has 4 heteroatoms. The second-order valence-corrected chi connectivity index (χ2v) is 6.27. The molecule has 0 aliphatic heterocycles. The molecule has 0 amide bonds. The van der Waals surface area contributed by atoms with Crippen molar-refractivity contribution < 1.29 is 4.39 Å². The standard InChI is InChI=1S/C16H19ClFNS/c1-4-7-19-15(16-14(17)11(3)9-20-16)13-6-5-12(18)8-10(13)2/h5-6,8-9,15,19H,4,7H2,1-3H3. The summed E-state index contributed by atoms with van der Waals surface area (Å²) in [5.41, 5.74) is 3.12. The van der Waals surface area contributed by atoms with Gasteiger partial charge in [-0.05, 0) is 61.0 Å². The fourth-order valence-electron chi connectivity index (χ4n) is 2.24. The molecule has 0 spiro atoms. The molecule has 108 valence electrons. The van der Waals surface area contributed by atoms with Crippen LogP contribution in [0.4, 0.5) is 4.39 Å². The summed E-state index contributed by atoms with van der Waals surface area (Å²) in [5, 5.41) is 6.40. The third-order valence-electron chi connectivity index (χ3n) is 3.33. The lowest BCUT2D eigenvalue weighted by Crippen LogP contribution is -2.23. The minimum absolute atomic E-state index is 0.0294. The van der Waals surface area contributed by atoms with E-state index in [1.807, 2.05) is 19.9 Å². The van der Waals surface area contributed by atoms with Gasteiger partial charge in [0.25, 0.3) is 0 Å². The minimum Gasteiger partial charge on any atom is -0.306 e. The average Bonchev–Trinajstić information content (AvgIpc) is 2.73. The summed E-state index contributed by atoms with van der Waals surface area (Å²) in [4.78, 5) is 1.10. The Morgan fingerprint density at radius 3 is 2.60 bits per heavy atom. The van der Waals surface area contributed by atoms with Gasteiger partial charge in [-0.25, -0.2) is 4.39 Å². The van der Waals surface area contributed by atoms with Gasteiger partial charge in [-0.2, -0.15) is 0 Å². The quantitative estimate of drug-likeness (QED) is 0.795. The van der Waals surface area contributed by atoms with Gasteiger partial charge in [-0.15, -0.1) is 11.3 Å². The zero-order valence-corrected chi connectivity index (χ0v) is 13.5. The average molecular weight is 312 g/mol. The van der Waals surface area contributed by atoms with Crippen molar-refractivity contribution in [2.75, 3.05) is 6.54 Å². The molecule has 0 aliphatic rings. The Kier molecular flexibility index (Phi) is 5.19. The molecule has 20 heavy (non-hydrogen) atoms. The Balaban J connectivity index is 2.44. The van der Waals surface area contributed by atoms with Crippen LogP contribution in [0.15, 0.2) is 23.6 Å². The molecule has 1 atom stereocenters. The van der Waals surface area contributed by atoms with E-state index in [0.29, 0.717) is 0 Å². The summed E-state index contributed by atoms with van der Waals surface area (Å²) in [5.74, 6) is -0.200. The van der Waals surface area contributed by atoms with Crippen LogP contribution in [0, 0.1) is 19.7 Å². The molecule has 0 saturated carbocycles. The van der Waals surface area contributed by atoms with E-state index in [1.54, 1.807) is 17.4 Å². The second-order valence-electron chi connectivity index (χ2n) is 4.98. The highest BCUT2D eigenvalue weighted by molar-refractivity contribution is 7.10. The second kappa shape index (κ2) is 6.70. The molecule has 0 aliphatic carbocycles. The highest BCUT2D eigenvalue weighted by Crippen LogP contribution is 2.36. The van der Waals surface area contributed by atoms with Crippen LogP contribution < -0.4 is 5.32 Å². The third-order valence-corrected chi connectivity index (χ3v) is 5.11. The largest absolute Gasteiger partial charge is 0.306 e. The van der Waals surface area contributed by atoms with Crippen LogP contribution in [0.1, 0.15) is 41.0 Å². The van der Waals surface area contributed by atoms with Crippen molar-refractivity contribution in [1.29, 1.82) is 0 Å². The summed E-state index contributed by atoms with van der Waals surface area (Å²) >= 11 is 8.07. The molecule has 0 radical (unpaired) electrons. The van der Waals surface area contributed by atoms with E-state index >= 15 is 0 Å². The van der Waals surface area contributed by atoms with Crippen LogP contribution in [0.5, 0.6) is 0 Å². The molecule has 2 rings (SSSR count). The number of halogens is 2. The van der Waals surface area contributed by atoms with Crippen LogP contribution in [-0.2, 0) is 0 Å². The molecule has 1 nitrogen and oxygen atoms in total. The third kappa shape index (κ3) is 3.22. The molecule has 2 aromatic rings. The molecule has 0 fully saturated rings. The summed E-state index contributed by atoms with van der Waals surface area (Å²) < 4.78 is 13.3. The Hall–Kier alpha value is -0.900. The van der Waals surface area contributed by atoms with Crippen LogP contribution in [0.3, 0.4) is 0 Å². The maximum atomic E-state index is 13.3. The first kappa shape index (κ1) is 15.5. The summed E-state index contributed by atoms with van der Waals surface area (Å²) in [7, 11) is 0. The van der Waals surface area contributed by atoms with Gasteiger partial charge in [0.05, 0.1) is 11.1 Å². The van der Waals surface area contributed by atoms with Crippen LogP contribution in [0.25, 0.3) is 0 Å². The first-order chi connectivity index (χ1) is 9.54. The lowest BCUT2D eigenvalue weighted by atomic mass is 9.99. The van der Waals surface area contributed by atoms with Gasteiger partial charge in [-0.3, -0.25) is 0 Å². The SMILES string of the molecule is CCCNC(c1ccc(F)cc1C)c1scc(C)c1Cl. The predicted octanol–water partition coefficient (Wildman–Crippen LogP) is 5.25. The normalized spacial score (nSPS) is 12.7. The molecule has 1 heterocycles. The number of benzene rings is 1. The Labute approximate surface area is 128 Å². The Morgan fingerprint density at radius 2 is 2.05 bits per heavy atom. The molecule has 1 aromatic heterocycles. The van der Waals surface area contributed by atoms with E-state index in [1.165, 1.54) is 6.07 Å². The number of hydrogen-bond donors (Lipinski definition) is 1. The number of nitrogens with one attached hydrogen (secondary N) is 1. The van der Waals surface area contributed by atoms with Gasteiger partial charge >= 0.3 is 0 Å². The molecule has 1 N–H and O–H groups in total. The fourth-order valence-corrected chi connectivity index (χ4v) is 3.63. The van der Waals surface area contributed by atoms with E-state index < -0.39 is 0 Å². The molecule has 1 unspecified atom stereocenters. The predicted molar refractivity (Wildman–Crippen MR) is 85.3 cm³/mol. The van der Waals surface area contributed by atoms with E-state index in [4.69, 9.17) is 11.6 Å². The van der Waals surface area contributed by atoms with Gasteiger partial charge in [-0.1, -0.05) is 24.6 Å². The Bertz CT molecular complexity index is 594. The van der Waals surface area contributed by atoms with Crippen molar-refractivity contribution in [1.82, 2.24) is 5.32 Å². The lowest BCUT2D eigenvalue weighted by Gasteiger charge is -2.20. The van der Waals surface area contributed by atoms with Crippen molar-refractivity contribution in [2.45, 2.75) is 33.2 Å². The number of hydrogen-bond acceptors (Lipinski definition) is 2. The van der Waals surface area contributed by atoms with Crippen LogP contribution in [0.2, 0.25) is 5.02 Å². The lowest BCUT2D eigenvalue weighted by molar-refractivity contribution is 0.596. The molecular formula is C16H19ClFNS. The zero-order chi connectivity index (χ0) is 14.7. The van der Waals surface area contributed by atoms with E-state index in [2.05, 4.69) is 17.6 Å². The number of rotatable bonds is 5. The highest BCUT2D eigenvalue weighted by atomic mass is 35.5. The number of aryl methyl sites for hydroxylation is 2. The summed E-state index contributed by atoms with van der Waals surface area (Å²) in [6.45, 7) is 6.97. The maximum absolute atomic E-state index is 13.3. The van der Waals surface area contributed by atoms with Crippen molar-refractivity contribution in [3.8, 4) is 0 Å². The van der Waals surface area contributed by atoms with Gasteiger partial charge in [0.15, 0.2) is 0 Å². The monoisotopic (exact) mass is 311 g/mol. The Morgan fingerprint density at radius 1 is 1.30 bits per heavy atom. The molecule has 0 saturated heterocycles. The van der Waals surface area contributed by atoms with Gasteiger partial charge in [0, 0.05) is 4.88 Å². The number of thiophene rings is 1. The topological polar surface area (TPSA) is 12.0 Å². The highest BCUT2D eigenvalue weighted by Gasteiger charge is 2.21. The fraction of sp³-hybridized carbons (Fsp3) is 0.375. The van der Waals surface area contributed by atoms with Gasteiger partial charge in [0.1, 0.15) is 5.82 Å². The first-order valence-electron chi connectivity index (χ1n) is 6.77. The van der Waals surface area contributed by atoms with Crippen molar-refractivity contribution in [3.05, 3.63) is 56.0 Å². The molecule has 1 aromatic carbocycles. The maximum Gasteiger partial charge on any atom is 0.123 e. The van der Waals surface area contributed by atoms with E-state index in [9.17, 15) is 4.39 Å².